The van der Waals surface area contributed by atoms with Gasteiger partial charge in [0.25, 0.3) is 0 Å². The fraction of sp³-hybridized carbons (Fsp3) is 0.0952. The number of hydrogen-bond donors (Lipinski definition) is 2. The number of nitrogens with zero attached hydrogens (tertiary/aromatic N) is 2. The summed E-state index contributed by atoms with van der Waals surface area (Å²) < 4.78 is 14.6. The smallest absolute Gasteiger partial charge is 0.248 e. The molecule has 1 aromatic heterocycles. The fourth-order valence-corrected chi connectivity index (χ4v) is 3.01. The molecule has 3 rings (SSSR count). The molecule has 0 radical (unpaired) electrons. The van der Waals surface area contributed by atoms with E-state index in [0.29, 0.717) is 33.5 Å². The number of rotatable bonds is 5. The van der Waals surface area contributed by atoms with Crippen LogP contribution in [0.15, 0.2) is 54.6 Å². The van der Waals surface area contributed by atoms with Gasteiger partial charge in [-0.15, -0.1) is 0 Å². The highest BCUT2D eigenvalue weighted by Gasteiger charge is 2.13. The first-order valence-electron chi connectivity index (χ1n) is 8.71. The third-order valence-corrected chi connectivity index (χ3v) is 4.33. The second kappa shape index (κ2) is 8.70. The molecule has 0 aliphatic heterocycles. The van der Waals surface area contributed by atoms with Gasteiger partial charge in [-0.05, 0) is 55.5 Å². The standard InChI is InChI=1S/C21H18ClFN4O2/c1-13-19(21(22)27(26-13)18-8-6-15(23)7-9-18)10-11-20(29)25-17-5-3-4-16(12-17)24-14(2)28/h3-12H,1-2H3,(H,24,28)(H,25,29)/b11-10+. The Balaban J connectivity index is 1.75. The van der Waals surface area contributed by atoms with Crippen molar-refractivity contribution in [2.24, 2.45) is 0 Å². The Morgan fingerprint density at radius 2 is 1.76 bits per heavy atom. The van der Waals surface area contributed by atoms with Gasteiger partial charge in [0, 0.05) is 29.9 Å². The minimum absolute atomic E-state index is 0.198. The molecular formula is C21H18ClFN4O2. The first kappa shape index (κ1) is 20.3. The van der Waals surface area contributed by atoms with Gasteiger partial charge in [0.2, 0.25) is 11.8 Å². The van der Waals surface area contributed by atoms with E-state index in [2.05, 4.69) is 15.7 Å². The van der Waals surface area contributed by atoms with Crippen molar-refractivity contribution in [2.75, 3.05) is 10.6 Å². The summed E-state index contributed by atoms with van der Waals surface area (Å²) in [6.45, 7) is 3.17. The zero-order valence-electron chi connectivity index (χ0n) is 15.7. The number of nitrogens with one attached hydrogen (secondary N) is 2. The predicted molar refractivity (Wildman–Crippen MR) is 112 cm³/mol. The molecule has 2 N–H and O–H groups in total. The summed E-state index contributed by atoms with van der Waals surface area (Å²) in [4.78, 5) is 23.4. The molecule has 6 nitrogen and oxygen atoms in total. The topological polar surface area (TPSA) is 76.0 Å². The van der Waals surface area contributed by atoms with Crippen molar-refractivity contribution in [3.8, 4) is 5.69 Å². The van der Waals surface area contributed by atoms with Crippen molar-refractivity contribution in [1.29, 1.82) is 0 Å². The third-order valence-electron chi connectivity index (χ3n) is 3.97. The van der Waals surface area contributed by atoms with Crippen LogP contribution in [0.3, 0.4) is 0 Å². The van der Waals surface area contributed by atoms with Crippen LogP contribution in [0.2, 0.25) is 5.15 Å². The first-order valence-corrected chi connectivity index (χ1v) is 9.09. The average Bonchev–Trinajstić information content (AvgIpc) is 2.94. The SMILES string of the molecule is CC(=O)Nc1cccc(NC(=O)/C=C/c2c(C)nn(-c3ccc(F)cc3)c2Cl)c1. The maximum atomic E-state index is 13.1. The molecule has 0 bridgehead atoms. The number of amides is 2. The number of carbonyl (C=O) groups is 2. The van der Waals surface area contributed by atoms with Gasteiger partial charge in [-0.1, -0.05) is 17.7 Å². The summed E-state index contributed by atoms with van der Waals surface area (Å²) in [5.74, 6) is -0.917. The van der Waals surface area contributed by atoms with E-state index in [0.717, 1.165) is 0 Å². The molecule has 0 unspecified atom stereocenters. The van der Waals surface area contributed by atoms with E-state index in [1.54, 1.807) is 49.4 Å². The van der Waals surface area contributed by atoms with Crippen LogP contribution in [0.5, 0.6) is 0 Å². The monoisotopic (exact) mass is 412 g/mol. The largest absolute Gasteiger partial charge is 0.326 e. The minimum Gasteiger partial charge on any atom is -0.326 e. The lowest BCUT2D eigenvalue weighted by molar-refractivity contribution is -0.114. The van der Waals surface area contributed by atoms with E-state index in [1.165, 1.54) is 29.8 Å². The molecule has 0 atom stereocenters. The van der Waals surface area contributed by atoms with E-state index >= 15 is 0 Å². The maximum Gasteiger partial charge on any atom is 0.248 e. The van der Waals surface area contributed by atoms with E-state index < -0.39 is 0 Å². The number of carbonyl (C=O) groups excluding carboxylic acids is 2. The van der Waals surface area contributed by atoms with Gasteiger partial charge in [-0.3, -0.25) is 9.59 Å². The Labute approximate surface area is 172 Å². The van der Waals surface area contributed by atoms with Crippen LogP contribution in [-0.2, 0) is 9.59 Å². The second-order valence-electron chi connectivity index (χ2n) is 6.26. The molecule has 2 aromatic carbocycles. The van der Waals surface area contributed by atoms with Gasteiger partial charge >= 0.3 is 0 Å². The normalized spacial score (nSPS) is 10.9. The summed E-state index contributed by atoms with van der Waals surface area (Å²) in [6.07, 6.45) is 2.91. The van der Waals surface area contributed by atoms with E-state index in [4.69, 9.17) is 11.6 Å². The number of aromatic nitrogens is 2. The molecule has 0 spiro atoms. The van der Waals surface area contributed by atoms with Crippen LogP contribution in [-0.4, -0.2) is 21.6 Å². The third kappa shape index (κ3) is 5.08. The number of hydrogen-bond acceptors (Lipinski definition) is 3. The molecule has 148 valence electrons. The van der Waals surface area contributed by atoms with Crippen LogP contribution in [0.4, 0.5) is 15.8 Å². The highest BCUT2D eigenvalue weighted by atomic mass is 35.5. The maximum absolute atomic E-state index is 13.1. The molecule has 0 saturated heterocycles. The van der Waals surface area contributed by atoms with Crippen LogP contribution in [0, 0.1) is 12.7 Å². The van der Waals surface area contributed by atoms with Crippen LogP contribution in [0.25, 0.3) is 11.8 Å². The molecule has 2 amide bonds. The van der Waals surface area contributed by atoms with Crippen molar-refractivity contribution in [3.63, 3.8) is 0 Å². The number of halogens is 2. The predicted octanol–water partition coefficient (Wildman–Crippen LogP) is 4.58. The molecule has 0 fully saturated rings. The van der Waals surface area contributed by atoms with Gasteiger partial charge < -0.3 is 10.6 Å². The number of benzene rings is 2. The lowest BCUT2D eigenvalue weighted by atomic mass is 10.2. The van der Waals surface area contributed by atoms with Gasteiger partial charge in [0.05, 0.1) is 11.4 Å². The molecule has 0 saturated carbocycles. The highest BCUT2D eigenvalue weighted by molar-refractivity contribution is 6.31. The second-order valence-corrected chi connectivity index (χ2v) is 6.62. The summed E-state index contributed by atoms with van der Waals surface area (Å²) >= 11 is 6.40. The first-order chi connectivity index (χ1) is 13.8. The number of aryl methyl sites for hydroxylation is 1. The van der Waals surface area contributed by atoms with Crippen molar-refractivity contribution in [3.05, 3.63) is 76.8 Å². The van der Waals surface area contributed by atoms with Crippen molar-refractivity contribution in [2.45, 2.75) is 13.8 Å². The Morgan fingerprint density at radius 1 is 1.10 bits per heavy atom. The summed E-state index contributed by atoms with van der Waals surface area (Å²) in [5, 5.41) is 10.0. The lowest BCUT2D eigenvalue weighted by Crippen LogP contribution is -2.09. The summed E-state index contributed by atoms with van der Waals surface area (Å²) in [6, 6.07) is 12.6. The van der Waals surface area contributed by atoms with Crippen molar-refractivity contribution >= 4 is 40.9 Å². The average molecular weight is 413 g/mol. The van der Waals surface area contributed by atoms with Gasteiger partial charge in [-0.2, -0.15) is 5.10 Å². The van der Waals surface area contributed by atoms with Crippen LogP contribution >= 0.6 is 11.6 Å². The summed E-state index contributed by atoms with van der Waals surface area (Å²) in [7, 11) is 0. The zero-order valence-corrected chi connectivity index (χ0v) is 16.5. The molecule has 29 heavy (non-hydrogen) atoms. The van der Waals surface area contributed by atoms with E-state index in [-0.39, 0.29) is 17.6 Å². The Hall–Kier alpha value is -3.45. The minimum atomic E-state index is -0.366. The summed E-state index contributed by atoms with van der Waals surface area (Å²) in [5.41, 5.74) is 2.93. The van der Waals surface area contributed by atoms with Crippen LogP contribution < -0.4 is 10.6 Å². The molecule has 8 heteroatoms. The van der Waals surface area contributed by atoms with E-state index in [1.807, 2.05) is 0 Å². The zero-order chi connectivity index (χ0) is 21.0. The number of anilines is 2. The lowest BCUT2D eigenvalue weighted by Gasteiger charge is -2.06. The quantitative estimate of drug-likeness (QED) is 0.602. The van der Waals surface area contributed by atoms with Gasteiger partial charge in [-0.25, -0.2) is 9.07 Å². The Kier molecular flexibility index (Phi) is 6.09. The molecule has 1 heterocycles. The molecular weight excluding hydrogens is 395 g/mol. The molecule has 0 aliphatic rings. The van der Waals surface area contributed by atoms with Crippen molar-refractivity contribution < 1.29 is 14.0 Å². The van der Waals surface area contributed by atoms with Gasteiger partial charge in [0.1, 0.15) is 11.0 Å². The highest BCUT2D eigenvalue weighted by Crippen LogP contribution is 2.25. The molecule has 3 aromatic rings. The van der Waals surface area contributed by atoms with E-state index in [9.17, 15) is 14.0 Å². The van der Waals surface area contributed by atoms with Gasteiger partial charge in [0.15, 0.2) is 0 Å². The Morgan fingerprint density at radius 3 is 2.41 bits per heavy atom. The fourth-order valence-electron chi connectivity index (χ4n) is 2.67. The Bertz CT molecular complexity index is 1090. The molecule has 0 aliphatic carbocycles. The van der Waals surface area contributed by atoms with Crippen molar-refractivity contribution in [1.82, 2.24) is 9.78 Å². The van der Waals surface area contributed by atoms with Crippen LogP contribution in [0.1, 0.15) is 18.2 Å².